The zero-order valence-corrected chi connectivity index (χ0v) is 10.9. The summed E-state index contributed by atoms with van der Waals surface area (Å²) in [5, 5.41) is 8.77. The molecule has 0 aliphatic carbocycles. The molecule has 0 fully saturated rings. The minimum Gasteiger partial charge on any atom is -0.396 e. The van der Waals surface area contributed by atoms with Crippen LogP contribution in [0.2, 0.25) is 0 Å². The fourth-order valence-electron chi connectivity index (χ4n) is 1.94. The minimum atomic E-state index is 0.291. The van der Waals surface area contributed by atoms with E-state index in [-0.39, 0.29) is 0 Å². The lowest BCUT2D eigenvalue weighted by atomic mass is 10.0. The second-order valence-electron chi connectivity index (χ2n) is 4.50. The zero-order valence-electron chi connectivity index (χ0n) is 10.9. The van der Waals surface area contributed by atoms with Crippen LogP contribution in [0.15, 0.2) is 12.1 Å². The van der Waals surface area contributed by atoms with E-state index in [1.165, 1.54) is 22.4 Å². The molecule has 0 radical (unpaired) electrons. The molecule has 0 spiro atoms. The molecule has 90 valence electrons. The lowest BCUT2D eigenvalue weighted by molar-refractivity contribution is 0.285. The van der Waals surface area contributed by atoms with Crippen LogP contribution in [0, 0.1) is 20.8 Å². The highest BCUT2D eigenvalue weighted by Gasteiger charge is 2.07. The number of aryl methyl sites for hydroxylation is 1. The average molecular weight is 221 g/mol. The first-order valence-corrected chi connectivity index (χ1v) is 5.96. The average Bonchev–Trinajstić information content (AvgIpc) is 2.26. The molecule has 0 bridgehead atoms. The summed E-state index contributed by atoms with van der Waals surface area (Å²) in [5.74, 6) is 0. The molecule has 1 aromatic rings. The first kappa shape index (κ1) is 13.0. The summed E-state index contributed by atoms with van der Waals surface area (Å²) in [7, 11) is 2.12. The molecule has 1 rings (SSSR count). The van der Waals surface area contributed by atoms with Gasteiger partial charge in [0.25, 0.3) is 0 Å². The van der Waals surface area contributed by atoms with Crippen molar-refractivity contribution >= 4 is 5.69 Å². The Morgan fingerprint density at radius 3 is 2.38 bits per heavy atom. The van der Waals surface area contributed by atoms with Crippen LogP contribution in [0.3, 0.4) is 0 Å². The normalized spacial score (nSPS) is 10.6. The highest BCUT2D eigenvalue weighted by Crippen LogP contribution is 2.24. The van der Waals surface area contributed by atoms with Crippen molar-refractivity contribution in [3.8, 4) is 0 Å². The van der Waals surface area contributed by atoms with Gasteiger partial charge in [0.15, 0.2) is 0 Å². The number of aliphatic hydroxyl groups is 1. The molecule has 0 saturated heterocycles. The monoisotopic (exact) mass is 221 g/mol. The van der Waals surface area contributed by atoms with Crippen molar-refractivity contribution in [3.63, 3.8) is 0 Å². The number of unbranched alkanes of at least 4 members (excludes halogenated alkanes) is 1. The molecule has 0 amide bonds. The highest BCUT2D eigenvalue weighted by molar-refractivity contribution is 5.57. The molecule has 1 N–H and O–H groups in total. The number of rotatable bonds is 5. The summed E-state index contributed by atoms with van der Waals surface area (Å²) in [6, 6.07) is 4.37. The Bertz CT molecular complexity index is 347. The van der Waals surface area contributed by atoms with Gasteiger partial charge in [-0.25, -0.2) is 0 Å². The van der Waals surface area contributed by atoms with E-state index in [0.717, 1.165) is 19.4 Å². The van der Waals surface area contributed by atoms with E-state index in [1.54, 1.807) is 0 Å². The van der Waals surface area contributed by atoms with Crippen molar-refractivity contribution in [1.29, 1.82) is 0 Å². The fourth-order valence-corrected chi connectivity index (χ4v) is 1.94. The van der Waals surface area contributed by atoms with Gasteiger partial charge in [-0.15, -0.1) is 0 Å². The van der Waals surface area contributed by atoms with Crippen LogP contribution in [0.1, 0.15) is 29.5 Å². The van der Waals surface area contributed by atoms with Crippen LogP contribution in [-0.4, -0.2) is 25.3 Å². The number of benzene rings is 1. The van der Waals surface area contributed by atoms with Crippen molar-refractivity contribution in [2.24, 2.45) is 0 Å². The smallest absolute Gasteiger partial charge is 0.0431 e. The zero-order chi connectivity index (χ0) is 12.1. The van der Waals surface area contributed by atoms with Gasteiger partial charge in [0.2, 0.25) is 0 Å². The Kier molecular flexibility index (Phi) is 4.81. The van der Waals surface area contributed by atoms with Crippen molar-refractivity contribution in [2.45, 2.75) is 33.6 Å². The molecule has 2 nitrogen and oxygen atoms in total. The Morgan fingerprint density at radius 2 is 1.75 bits per heavy atom. The second-order valence-corrected chi connectivity index (χ2v) is 4.50. The largest absolute Gasteiger partial charge is 0.396 e. The highest BCUT2D eigenvalue weighted by atomic mass is 16.2. The number of anilines is 1. The second kappa shape index (κ2) is 5.90. The maximum atomic E-state index is 8.77. The summed E-state index contributed by atoms with van der Waals surface area (Å²) < 4.78 is 0. The lowest BCUT2D eigenvalue weighted by Crippen LogP contribution is -2.20. The van der Waals surface area contributed by atoms with Gasteiger partial charge in [0.1, 0.15) is 0 Å². The summed E-state index contributed by atoms with van der Waals surface area (Å²) >= 11 is 0. The Morgan fingerprint density at radius 1 is 1.06 bits per heavy atom. The van der Waals surface area contributed by atoms with Crippen LogP contribution in [-0.2, 0) is 0 Å². The topological polar surface area (TPSA) is 23.5 Å². The molecule has 0 saturated carbocycles. The Hall–Kier alpha value is -1.02. The molecule has 0 heterocycles. The molecule has 0 unspecified atom stereocenters. The number of hydrogen-bond acceptors (Lipinski definition) is 2. The molecule has 0 aliphatic heterocycles. The van der Waals surface area contributed by atoms with Crippen LogP contribution >= 0.6 is 0 Å². The van der Waals surface area contributed by atoms with Crippen LogP contribution in [0.5, 0.6) is 0 Å². The predicted octanol–water partition coefficient (Wildman–Crippen LogP) is 2.82. The van der Waals surface area contributed by atoms with Crippen molar-refractivity contribution < 1.29 is 5.11 Å². The van der Waals surface area contributed by atoms with Crippen LogP contribution in [0.25, 0.3) is 0 Å². The van der Waals surface area contributed by atoms with Gasteiger partial charge in [0.05, 0.1) is 0 Å². The molecule has 2 heteroatoms. The van der Waals surface area contributed by atoms with Crippen LogP contribution < -0.4 is 4.90 Å². The van der Waals surface area contributed by atoms with Gasteiger partial charge in [-0.3, -0.25) is 0 Å². The standard InChI is InChI=1S/C14H23NO/c1-11-7-8-14(13(3)12(11)2)15(4)9-5-6-10-16/h7-8,16H,5-6,9-10H2,1-4H3. The number of nitrogens with zero attached hydrogens (tertiary/aromatic N) is 1. The van der Waals surface area contributed by atoms with Gasteiger partial charge in [-0.2, -0.15) is 0 Å². The maximum absolute atomic E-state index is 8.77. The van der Waals surface area contributed by atoms with Gasteiger partial charge in [0, 0.05) is 25.9 Å². The van der Waals surface area contributed by atoms with E-state index in [1.807, 2.05) is 0 Å². The number of aliphatic hydroxyl groups excluding tert-OH is 1. The van der Waals surface area contributed by atoms with Crippen molar-refractivity contribution in [1.82, 2.24) is 0 Å². The third-order valence-corrected chi connectivity index (χ3v) is 3.34. The van der Waals surface area contributed by atoms with Crippen molar-refractivity contribution in [2.75, 3.05) is 25.1 Å². The van der Waals surface area contributed by atoms with Gasteiger partial charge in [-0.05, 0) is 56.4 Å². The third kappa shape index (κ3) is 2.99. The summed E-state index contributed by atoms with van der Waals surface area (Å²) in [6.07, 6.45) is 1.92. The molecule has 1 aromatic carbocycles. The van der Waals surface area contributed by atoms with Gasteiger partial charge < -0.3 is 10.0 Å². The summed E-state index contributed by atoms with van der Waals surface area (Å²) in [5.41, 5.74) is 5.41. The van der Waals surface area contributed by atoms with E-state index in [0.29, 0.717) is 6.61 Å². The van der Waals surface area contributed by atoms with E-state index in [2.05, 4.69) is 44.9 Å². The van der Waals surface area contributed by atoms with Crippen molar-refractivity contribution in [3.05, 3.63) is 28.8 Å². The Labute approximate surface area is 98.9 Å². The van der Waals surface area contributed by atoms with Gasteiger partial charge >= 0.3 is 0 Å². The quantitative estimate of drug-likeness (QED) is 0.773. The molecule has 16 heavy (non-hydrogen) atoms. The summed E-state index contributed by atoms with van der Waals surface area (Å²) in [6.45, 7) is 7.80. The summed E-state index contributed by atoms with van der Waals surface area (Å²) in [4.78, 5) is 2.28. The predicted molar refractivity (Wildman–Crippen MR) is 70.2 cm³/mol. The first-order valence-electron chi connectivity index (χ1n) is 5.96. The SMILES string of the molecule is Cc1ccc(N(C)CCCCO)c(C)c1C. The Balaban J connectivity index is 2.76. The van der Waals surface area contributed by atoms with E-state index >= 15 is 0 Å². The van der Waals surface area contributed by atoms with E-state index in [4.69, 9.17) is 5.11 Å². The van der Waals surface area contributed by atoms with E-state index < -0.39 is 0 Å². The lowest BCUT2D eigenvalue weighted by Gasteiger charge is -2.23. The van der Waals surface area contributed by atoms with Crippen LogP contribution in [0.4, 0.5) is 5.69 Å². The first-order chi connectivity index (χ1) is 7.57. The maximum Gasteiger partial charge on any atom is 0.0431 e. The van der Waals surface area contributed by atoms with E-state index in [9.17, 15) is 0 Å². The molecule has 0 atom stereocenters. The molecule has 0 aliphatic rings. The third-order valence-electron chi connectivity index (χ3n) is 3.34. The number of hydrogen-bond donors (Lipinski definition) is 1. The molecular formula is C14H23NO. The minimum absolute atomic E-state index is 0.291. The molecular weight excluding hydrogens is 198 g/mol. The van der Waals surface area contributed by atoms with Gasteiger partial charge in [-0.1, -0.05) is 6.07 Å². The fraction of sp³-hybridized carbons (Fsp3) is 0.571. The molecule has 0 aromatic heterocycles.